The summed E-state index contributed by atoms with van der Waals surface area (Å²) < 4.78 is 5.33. The van der Waals surface area contributed by atoms with Crippen LogP contribution in [0.25, 0.3) is 0 Å². The maximum absolute atomic E-state index is 10.5. The third-order valence-electron chi connectivity index (χ3n) is 3.06. The second-order valence-electron chi connectivity index (χ2n) is 4.38. The van der Waals surface area contributed by atoms with Gasteiger partial charge in [-0.2, -0.15) is 0 Å². The van der Waals surface area contributed by atoms with Gasteiger partial charge in [-0.05, 0) is 37.1 Å². The first-order chi connectivity index (χ1) is 8.63. The van der Waals surface area contributed by atoms with Gasteiger partial charge in [0.15, 0.2) is 0 Å². The van der Waals surface area contributed by atoms with Crippen LogP contribution in [0.5, 0.6) is 5.75 Å². The number of aryl methyl sites for hydroxylation is 2. The summed E-state index contributed by atoms with van der Waals surface area (Å²) in [6.07, 6.45) is 2.70. The van der Waals surface area contributed by atoms with Gasteiger partial charge in [-0.15, -0.1) is 0 Å². The molecular formula is C15H17NO2. The predicted molar refractivity (Wildman–Crippen MR) is 70.8 cm³/mol. The Balaban J connectivity index is 2.46. The molecule has 0 bridgehead atoms. The van der Waals surface area contributed by atoms with Gasteiger partial charge < -0.3 is 9.84 Å². The molecule has 18 heavy (non-hydrogen) atoms. The monoisotopic (exact) mass is 243 g/mol. The number of pyridine rings is 1. The van der Waals surface area contributed by atoms with Crippen LogP contribution in [-0.4, -0.2) is 17.2 Å². The minimum Gasteiger partial charge on any atom is -0.496 e. The van der Waals surface area contributed by atoms with Crippen molar-refractivity contribution in [2.75, 3.05) is 7.11 Å². The van der Waals surface area contributed by atoms with E-state index in [1.165, 1.54) is 0 Å². The zero-order valence-corrected chi connectivity index (χ0v) is 10.8. The van der Waals surface area contributed by atoms with Gasteiger partial charge in [-0.1, -0.05) is 12.1 Å². The topological polar surface area (TPSA) is 42.4 Å². The largest absolute Gasteiger partial charge is 0.496 e. The molecule has 94 valence electrons. The maximum atomic E-state index is 10.5. The number of methoxy groups -OCH3 is 1. The lowest BCUT2D eigenvalue weighted by molar-refractivity contribution is 0.213. The summed E-state index contributed by atoms with van der Waals surface area (Å²) >= 11 is 0. The number of aliphatic hydroxyl groups is 1. The van der Waals surface area contributed by atoms with E-state index in [1.807, 2.05) is 38.1 Å². The molecule has 1 heterocycles. The van der Waals surface area contributed by atoms with Crippen LogP contribution in [0.15, 0.2) is 36.7 Å². The van der Waals surface area contributed by atoms with Crippen LogP contribution in [0.2, 0.25) is 0 Å². The Labute approximate surface area is 107 Å². The molecule has 0 amide bonds. The van der Waals surface area contributed by atoms with Crippen molar-refractivity contribution >= 4 is 0 Å². The number of hydrogen-bond acceptors (Lipinski definition) is 3. The molecule has 1 aromatic heterocycles. The molecule has 0 aliphatic carbocycles. The van der Waals surface area contributed by atoms with Crippen LogP contribution < -0.4 is 4.74 Å². The van der Waals surface area contributed by atoms with E-state index in [4.69, 9.17) is 4.74 Å². The summed E-state index contributed by atoms with van der Waals surface area (Å²) in [7, 11) is 1.61. The summed E-state index contributed by atoms with van der Waals surface area (Å²) in [4.78, 5) is 4.06. The van der Waals surface area contributed by atoms with Crippen molar-refractivity contribution in [2.24, 2.45) is 0 Å². The van der Waals surface area contributed by atoms with Crippen LogP contribution in [-0.2, 0) is 0 Å². The van der Waals surface area contributed by atoms with Crippen LogP contribution in [0, 0.1) is 13.8 Å². The molecule has 1 atom stereocenters. The van der Waals surface area contributed by atoms with Crippen LogP contribution in [0.1, 0.15) is 28.4 Å². The van der Waals surface area contributed by atoms with E-state index in [0.29, 0.717) is 5.75 Å². The van der Waals surface area contributed by atoms with E-state index in [-0.39, 0.29) is 0 Å². The molecule has 1 N–H and O–H groups in total. The summed E-state index contributed by atoms with van der Waals surface area (Å²) in [5.41, 5.74) is 3.68. The standard InChI is InChI=1S/C15H17NO2/c1-10-4-5-12(14(8-10)18-3)15(17)13-9-16-7-6-11(13)2/h4-9,15,17H,1-3H3. The third-order valence-corrected chi connectivity index (χ3v) is 3.06. The van der Waals surface area contributed by atoms with Crippen molar-refractivity contribution in [3.63, 3.8) is 0 Å². The molecular weight excluding hydrogens is 226 g/mol. The molecule has 0 aliphatic rings. The van der Waals surface area contributed by atoms with Crippen LogP contribution in [0.3, 0.4) is 0 Å². The molecule has 3 heteroatoms. The second-order valence-corrected chi connectivity index (χ2v) is 4.38. The zero-order chi connectivity index (χ0) is 13.1. The van der Waals surface area contributed by atoms with Gasteiger partial charge in [-0.25, -0.2) is 0 Å². The molecule has 0 aliphatic heterocycles. The number of aliphatic hydroxyl groups excluding tert-OH is 1. The first-order valence-corrected chi connectivity index (χ1v) is 5.86. The Kier molecular flexibility index (Phi) is 3.63. The fraction of sp³-hybridized carbons (Fsp3) is 0.267. The van der Waals surface area contributed by atoms with Gasteiger partial charge in [0.2, 0.25) is 0 Å². The summed E-state index contributed by atoms with van der Waals surface area (Å²) in [5, 5.41) is 10.5. The molecule has 0 radical (unpaired) electrons. The molecule has 2 aromatic rings. The normalized spacial score (nSPS) is 12.2. The average Bonchev–Trinajstić information content (AvgIpc) is 2.38. The zero-order valence-electron chi connectivity index (χ0n) is 10.8. The van der Waals surface area contributed by atoms with Gasteiger partial charge in [0.1, 0.15) is 11.9 Å². The SMILES string of the molecule is COc1cc(C)ccc1C(O)c1cnccc1C. The minimum atomic E-state index is -0.714. The highest BCUT2D eigenvalue weighted by molar-refractivity contribution is 5.43. The van der Waals surface area contributed by atoms with E-state index in [9.17, 15) is 5.11 Å². The van der Waals surface area contributed by atoms with E-state index in [0.717, 1.165) is 22.3 Å². The van der Waals surface area contributed by atoms with Crippen molar-refractivity contribution in [3.05, 3.63) is 58.9 Å². The first-order valence-electron chi connectivity index (χ1n) is 5.86. The third kappa shape index (κ3) is 2.36. The van der Waals surface area contributed by atoms with E-state index >= 15 is 0 Å². The Morgan fingerprint density at radius 2 is 1.94 bits per heavy atom. The molecule has 1 unspecified atom stereocenters. The lowest BCUT2D eigenvalue weighted by atomic mass is 9.98. The minimum absolute atomic E-state index is 0.700. The quantitative estimate of drug-likeness (QED) is 0.901. The fourth-order valence-electron chi connectivity index (χ4n) is 1.97. The Morgan fingerprint density at radius 1 is 1.17 bits per heavy atom. The van der Waals surface area contributed by atoms with E-state index in [2.05, 4.69) is 4.98 Å². The van der Waals surface area contributed by atoms with Crippen LogP contribution >= 0.6 is 0 Å². The first kappa shape index (κ1) is 12.6. The number of nitrogens with zero attached hydrogens (tertiary/aromatic N) is 1. The molecule has 0 saturated carbocycles. The number of benzene rings is 1. The average molecular weight is 243 g/mol. The Bertz CT molecular complexity index is 552. The molecule has 1 aromatic carbocycles. The second kappa shape index (κ2) is 5.19. The Hall–Kier alpha value is -1.87. The van der Waals surface area contributed by atoms with E-state index in [1.54, 1.807) is 19.5 Å². The van der Waals surface area contributed by atoms with Gasteiger partial charge in [-0.3, -0.25) is 4.98 Å². The van der Waals surface area contributed by atoms with Crippen molar-refractivity contribution in [1.29, 1.82) is 0 Å². The highest BCUT2D eigenvalue weighted by Gasteiger charge is 2.17. The van der Waals surface area contributed by atoms with Gasteiger partial charge in [0.05, 0.1) is 7.11 Å². The summed E-state index contributed by atoms with van der Waals surface area (Å²) in [5.74, 6) is 0.700. The molecule has 0 saturated heterocycles. The summed E-state index contributed by atoms with van der Waals surface area (Å²) in [6, 6.07) is 7.67. The highest BCUT2D eigenvalue weighted by atomic mass is 16.5. The van der Waals surface area contributed by atoms with Crippen molar-refractivity contribution < 1.29 is 9.84 Å². The maximum Gasteiger partial charge on any atom is 0.125 e. The van der Waals surface area contributed by atoms with Crippen molar-refractivity contribution in [2.45, 2.75) is 20.0 Å². The number of hydrogen-bond donors (Lipinski definition) is 1. The van der Waals surface area contributed by atoms with Gasteiger partial charge in [0.25, 0.3) is 0 Å². The smallest absolute Gasteiger partial charge is 0.125 e. The molecule has 0 fully saturated rings. The predicted octanol–water partition coefficient (Wildman–Crippen LogP) is 2.79. The Morgan fingerprint density at radius 3 is 2.61 bits per heavy atom. The van der Waals surface area contributed by atoms with Gasteiger partial charge in [0, 0.05) is 23.5 Å². The van der Waals surface area contributed by atoms with Crippen molar-refractivity contribution in [1.82, 2.24) is 4.98 Å². The lowest BCUT2D eigenvalue weighted by Crippen LogP contribution is -2.05. The molecule has 0 spiro atoms. The fourth-order valence-corrected chi connectivity index (χ4v) is 1.97. The lowest BCUT2D eigenvalue weighted by Gasteiger charge is -2.17. The van der Waals surface area contributed by atoms with E-state index < -0.39 is 6.10 Å². The molecule has 2 rings (SSSR count). The number of rotatable bonds is 3. The van der Waals surface area contributed by atoms with Gasteiger partial charge >= 0.3 is 0 Å². The molecule has 3 nitrogen and oxygen atoms in total. The van der Waals surface area contributed by atoms with Crippen LogP contribution in [0.4, 0.5) is 0 Å². The van der Waals surface area contributed by atoms with Crippen molar-refractivity contribution in [3.8, 4) is 5.75 Å². The highest BCUT2D eigenvalue weighted by Crippen LogP contribution is 2.31. The summed E-state index contributed by atoms with van der Waals surface area (Å²) in [6.45, 7) is 3.95. The number of ether oxygens (including phenoxy) is 1. The number of aromatic nitrogens is 1.